The largest absolute Gasteiger partial charge is 0.460 e. The molecule has 4 fully saturated rings. The van der Waals surface area contributed by atoms with Crippen LogP contribution in [0.4, 0.5) is 0 Å². The highest BCUT2D eigenvalue weighted by atomic mass is 16.6. The van der Waals surface area contributed by atoms with Crippen molar-refractivity contribution < 1.29 is 9.53 Å². The van der Waals surface area contributed by atoms with E-state index in [-0.39, 0.29) is 23.1 Å². The van der Waals surface area contributed by atoms with E-state index < -0.39 is 5.60 Å². The number of hydrogen-bond acceptors (Lipinski definition) is 4. The number of esters is 1. The summed E-state index contributed by atoms with van der Waals surface area (Å²) >= 11 is 0. The molecular weight excluding hydrogens is 390 g/mol. The minimum atomic E-state index is -0.443. The number of carbonyl (C=O) groups is 1. The summed E-state index contributed by atoms with van der Waals surface area (Å²) in [5.41, 5.74) is 3.63. The lowest BCUT2D eigenvalue weighted by Crippen LogP contribution is -2.53. The van der Waals surface area contributed by atoms with Crippen LogP contribution in [-0.2, 0) is 16.0 Å². The van der Waals surface area contributed by atoms with Gasteiger partial charge in [-0.05, 0) is 76.0 Å². The van der Waals surface area contributed by atoms with Crippen LogP contribution < -0.4 is 5.69 Å². The number of nitrogens with zero attached hydrogens (tertiary/aromatic N) is 2. The number of imidazole rings is 1. The molecule has 0 aromatic carbocycles. The van der Waals surface area contributed by atoms with Crippen LogP contribution in [0.25, 0.3) is 17.1 Å². The lowest BCUT2D eigenvalue weighted by atomic mass is 9.47. The molecule has 2 heterocycles. The van der Waals surface area contributed by atoms with Crippen molar-refractivity contribution in [3.63, 3.8) is 0 Å². The number of nitrogens with one attached hydrogen (secondary N) is 1. The van der Waals surface area contributed by atoms with Crippen LogP contribution >= 0.6 is 0 Å². The molecule has 31 heavy (non-hydrogen) atoms. The third-order valence-electron chi connectivity index (χ3n) is 8.06. The number of hydrogen-bond donors (Lipinski definition) is 1. The molecule has 7 rings (SSSR count). The Morgan fingerprint density at radius 2 is 2.00 bits per heavy atom. The summed E-state index contributed by atoms with van der Waals surface area (Å²) in [4.78, 5) is 33.5. The quantitative estimate of drug-likeness (QED) is 0.746. The molecule has 0 amide bonds. The van der Waals surface area contributed by atoms with E-state index in [9.17, 15) is 9.59 Å². The Morgan fingerprint density at radius 1 is 1.26 bits per heavy atom. The molecule has 2 atom stereocenters. The van der Waals surface area contributed by atoms with Crippen molar-refractivity contribution in [2.45, 2.75) is 77.4 Å². The van der Waals surface area contributed by atoms with Crippen molar-refractivity contribution >= 4 is 23.1 Å². The van der Waals surface area contributed by atoms with Crippen molar-refractivity contribution in [2.24, 2.45) is 23.2 Å². The van der Waals surface area contributed by atoms with E-state index in [0.717, 1.165) is 48.0 Å². The van der Waals surface area contributed by atoms with Crippen LogP contribution in [0.2, 0.25) is 0 Å². The average molecular weight is 422 g/mol. The number of allylic oxidation sites excluding steroid dienone is 1. The molecule has 0 saturated heterocycles. The smallest absolute Gasteiger partial charge is 0.326 e. The third kappa shape index (κ3) is 3.01. The zero-order valence-corrected chi connectivity index (χ0v) is 18.6. The molecule has 6 heteroatoms. The first-order valence-electron chi connectivity index (χ1n) is 11.7. The molecular formula is C25H31N3O3. The van der Waals surface area contributed by atoms with E-state index in [1.165, 1.54) is 12.8 Å². The van der Waals surface area contributed by atoms with Crippen LogP contribution in [0.3, 0.4) is 0 Å². The molecule has 1 N–H and O–H groups in total. The van der Waals surface area contributed by atoms with Gasteiger partial charge in [0.25, 0.3) is 0 Å². The van der Waals surface area contributed by atoms with Crippen molar-refractivity contribution in [1.29, 1.82) is 0 Å². The van der Waals surface area contributed by atoms with Crippen molar-refractivity contribution in [3.05, 3.63) is 34.0 Å². The molecule has 5 aliphatic carbocycles. The molecule has 5 aliphatic rings. The standard InChI is InChI=1S/C25H31N3O3/c1-24(2,3)31-20(29)12-25-9-14-7-15(10-25)21(16(8-14)11-25)28-22-17-5-4-6-18(17)26-13-19(22)27-23(28)30/h4-5,13-16,21H,6-12H2,1-3H3,(H,27,30). The van der Waals surface area contributed by atoms with Gasteiger partial charge in [0.15, 0.2) is 0 Å². The van der Waals surface area contributed by atoms with Crippen LogP contribution in [0, 0.1) is 23.2 Å². The fraction of sp³-hybridized carbons (Fsp3) is 0.640. The summed E-state index contributed by atoms with van der Waals surface area (Å²) in [7, 11) is 0. The Morgan fingerprint density at radius 3 is 2.71 bits per heavy atom. The first-order valence-corrected chi connectivity index (χ1v) is 11.7. The number of aromatic amines is 1. The number of ether oxygens (including phenoxy) is 1. The van der Waals surface area contributed by atoms with Gasteiger partial charge in [-0.25, -0.2) is 4.79 Å². The van der Waals surface area contributed by atoms with Gasteiger partial charge in [0.2, 0.25) is 0 Å². The third-order valence-corrected chi connectivity index (χ3v) is 8.06. The maximum atomic E-state index is 13.2. The van der Waals surface area contributed by atoms with Crippen molar-refractivity contribution in [2.75, 3.05) is 0 Å². The van der Waals surface area contributed by atoms with Crippen LogP contribution in [0.1, 0.15) is 76.6 Å². The molecule has 6 nitrogen and oxygen atoms in total. The Bertz CT molecular complexity index is 1150. The van der Waals surface area contributed by atoms with Gasteiger partial charge in [0.05, 0.1) is 29.3 Å². The van der Waals surface area contributed by atoms with E-state index in [1.807, 2.05) is 27.0 Å². The highest BCUT2D eigenvalue weighted by Gasteiger charge is 2.57. The molecule has 164 valence electrons. The molecule has 2 aromatic rings. The lowest BCUT2D eigenvalue weighted by molar-refractivity contribution is -0.165. The fourth-order valence-electron chi connectivity index (χ4n) is 7.58. The zero-order valence-electron chi connectivity index (χ0n) is 18.6. The highest BCUT2D eigenvalue weighted by Crippen LogP contribution is 2.65. The fourth-order valence-corrected chi connectivity index (χ4v) is 7.58. The van der Waals surface area contributed by atoms with Gasteiger partial charge in [-0.3, -0.25) is 14.3 Å². The van der Waals surface area contributed by atoms with Gasteiger partial charge < -0.3 is 9.72 Å². The van der Waals surface area contributed by atoms with Crippen molar-refractivity contribution in [3.8, 4) is 0 Å². The van der Waals surface area contributed by atoms with Crippen LogP contribution in [0.15, 0.2) is 17.1 Å². The average Bonchev–Trinajstić information content (AvgIpc) is 3.22. The van der Waals surface area contributed by atoms with Crippen molar-refractivity contribution in [1.82, 2.24) is 14.5 Å². The molecule has 4 saturated carbocycles. The summed E-state index contributed by atoms with van der Waals surface area (Å²) < 4.78 is 7.76. The topological polar surface area (TPSA) is 77.0 Å². The Kier molecular flexibility index (Phi) is 3.95. The number of H-pyrrole nitrogens is 1. The molecule has 0 radical (unpaired) electrons. The van der Waals surface area contributed by atoms with Crippen LogP contribution in [-0.4, -0.2) is 26.1 Å². The van der Waals surface area contributed by atoms with Gasteiger partial charge in [-0.1, -0.05) is 12.2 Å². The lowest BCUT2D eigenvalue weighted by Gasteiger charge is -2.60. The predicted octanol–water partition coefficient (Wildman–Crippen LogP) is 4.39. The summed E-state index contributed by atoms with van der Waals surface area (Å²) in [5.74, 6) is 1.49. The zero-order chi connectivity index (χ0) is 21.5. The minimum Gasteiger partial charge on any atom is -0.460 e. The Hall–Kier alpha value is -2.37. The maximum absolute atomic E-state index is 13.2. The maximum Gasteiger partial charge on any atom is 0.326 e. The number of fused-ring (bicyclic) bond motifs is 3. The van der Waals surface area contributed by atoms with Gasteiger partial charge in [0, 0.05) is 18.0 Å². The first-order chi connectivity index (χ1) is 14.7. The Balaban J connectivity index is 1.36. The molecule has 4 bridgehead atoms. The predicted molar refractivity (Wildman–Crippen MR) is 119 cm³/mol. The second kappa shape index (κ2) is 6.33. The number of rotatable bonds is 3. The number of carbonyl (C=O) groups excluding carboxylic acids is 1. The minimum absolute atomic E-state index is 0.0100. The van der Waals surface area contributed by atoms with Gasteiger partial charge in [0.1, 0.15) is 5.60 Å². The second-order valence-corrected chi connectivity index (χ2v) is 11.5. The molecule has 2 unspecified atom stereocenters. The summed E-state index contributed by atoms with van der Waals surface area (Å²) in [6, 6.07) is 0.213. The SMILES string of the molecule is CC(C)(C)OC(=O)CC12CC3CC(C1)C(n1c(=O)[nH]c4cnc5c(c41)C=CC5)C(C3)C2. The number of pyridine rings is 1. The van der Waals surface area contributed by atoms with E-state index >= 15 is 0 Å². The second-order valence-electron chi connectivity index (χ2n) is 11.5. The summed E-state index contributed by atoms with van der Waals surface area (Å²) in [6.07, 6.45) is 12.9. The highest BCUT2D eigenvalue weighted by molar-refractivity contribution is 5.87. The molecule has 2 aromatic heterocycles. The van der Waals surface area contributed by atoms with E-state index in [4.69, 9.17) is 4.74 Å². The molecule has 0 aliphatic heterocycles. The van der Waals surface area contributed by atoms with E-state index in [0.29, 0.717) is 24.2 Å². The van der Waals surface area contributed by atoms with Gasteiger partial charge >= 0.3 is 11.7 Å². The van der Waals surface area contributed by atoms with Crippen LogP contribution in [0.5, 0.6) is 0 Å². The van der Waals surface area contributed by atoms with Gasteiger partial charge in [-0.2, -0.15) is 0 Å². The van der Waals surface area contributed by atoms with E-state index in [2.05, 4.69) is 26.7 Å². The van der Waals surface area contributed by atoms with E-state index in [1.54, 1.807) is 0 Å². The Labute approximate surface area is 182 Å². The number of aromatic nitrogens is 3. The van der Waals surface area contributed by atoms with Gasteiger partial charge in [-0.15, -0.1) is 0 Å². The monoisotopic (exact) mass is 421 g/mol. The summed E-state index contributed by atoms with van der Waals surface area (Å²) in [5, 5.41) is 0. The first kappa shape index (κ1) is 19.3. The molecule has 0 spiro atoms. The summed E-state index contributed by atoms with van der Waals surface area (Å²) in [6.45, 7) is 5.81. The normalized spacial score (nSPS) is 33.3.